The Kier molecular flexibility index (Phi) is 4.48. The van der Waals surface area contributed by atoms with Gasteiger partial charge < -0.3 is 9.51 Å². The second-order valence-electron chi connectivity index (χ2n) is 6.24. The van der Waals surface area contributed by atoms with Gasteiger partial charge in [0, 0.05) is 40.6 Å². The van der Waals surface area contributed by atoms with Crippen molar-refractivity contribution in [3.05, 3.63) is 74.3 Å². The minimum absolute atomic E-state index is 0.0437. The van der Waals surface area contributed by atoms with Gasteiger partial charge in [0.25, 0.3) is 0 Å². The summed E-state index contributed by atoms with van der Waals surface area (Å²) in [6.45, 7) is 5.42. The summed E-state index contributed by atoms with van der Waals surface area (Å²) in [4.78, 5) is 15.6. The van der Waals surface area contributed by atoms with E-state index in [1.165, 1.54) is 12.1 Å². The van der Waals surface area contributed by atoms with Crippen LogP contribution in [0.5, 0.6) is 0 Å². The van der Waals surface area contributed by atoms with Crippen molar-refractivity contribution in [2.45, 2.75) is 33.4 Å². The number of nitrogens with one attached hydrogen (secondary N) is 1. The highest BCUT2D eigenvalue weighted by molar-refractivity contribution is 5.58. The number of rotatable bonds is 3. The molecule has 0 spiro atoms. The van der Waals surface area contributed by atoms with Crippen LogP contribution in [0.25, 0.3) is 11.3 Å². The van der Waals surface area contributed by atoms with Gasteiger partial charge in [0.05, 0.1) is 11.3 Å². The van der Waals surface area contributed by atoms with Crippen LogP contribution in [0.15, 0.2) is 39.6 Å². The van der Waals surface area contributed by atoms with E-state index in [0.717, 1.165) is 23.5 Å². The zero-order valence-corrected chi connectivity index (χ0v) is 14.5. The summed E-state index contributed by atoms with van der Waals surface area (Å²) in [7, 11) is 0. The number of hydrogen-bond donors (Lipinski definition) is 1. The molecule has 0 fully saturated rings. The molecule has 136 valence electrons. The first-order valence-corrected chi connectivity index (χ1v) is 7.99. The molecule has 7 heteroatoms. The van der Waals surface area contributed by atoms with Gasteiger partial charge in [-0.3, -0.25) is 4.79 Å². The molecule has 3 rings (SSSR count). The van der Waals surface area contributed by atoms with E-state index in [-0.39, 0.29) is 11.8 Å². The summed E-state index contributed by atoms with van der Waals surface area (Å²) in [6, 6.07) is 6.30. The van der Waals surface area contributed by atoms with Gasteiger partial charge in [0.2, 0.25) is 0 Å². The normalized spacial score (nSPS) is 11.8. The van der Waals surface area contributed by atoms with Gasteiger partial charge in [0.15, 0.2) is 11.2 Å². The van der Waals surface area contributed by atoms with Crippen molar-refractivity contribution in [3.63, 3.8) is 0 Å². The van der Waals surface area contributed by atoms with Gasteiger partial charge in [-0.15, -0.1) is 0 Å². The predicted octanol–water partition coefficient (Wildman–Crippen LogP) is 4.56. The van der Waals surface area contributed by atoms with Crippen LogP contribution < -0.4 is 5.43 Å². The average Bonchev–Trinajstić information content (AvgIpc) is 3.05. The third-order valence-corrected chi connectivity index (χ3v) is 4.42. The monoisotopic (exact) mass is 362 g/mol. The Balaban J connectivity index is 1.88. The van der Waals surface area contributed by atoms with Crippen molar-refractivity contribution >= 4 is 0 Å². The highest BCUT2D eigenvalue weighted by atomic mass is 19.4. The molecule has 0 saturated heterocycles. The molecule has 1 N–H and O–H groups in total. The molecule has 1 aromatic carbocycles. The van der Waals surface area contributed by atoms with Gasteiger partial charge in [0.1, 0.15) is 0 Å². The zero-order chi connectivity index (χ0) is 19.1. The Hall–Kier alpha value is -2.83. The van der Waals surface area contributed by atoms with Gasteiger partial charge in [-0.05, 0) is 32.9 Å². The number of aryl methyl sites for hydroxylation is 2. The standard InChI is InChI=1S/C19H17F3N2O2/c1-10-11(2)23-12(3)16(18(10)25)8-15-9-17(26-24-15)13-4-6-14(7-5-13)19(20,21)22/h4-7,9H,8H2,1-3H3,(H,23,25). The summed E-state index contributed by atoms with van der Waals surface area (Å²) < 4.78 is 43.1. The molecule has 2 heterocycles. The molecular formula is C19H17F3N2O2. The third-order valence-electron chi connectivity index (χ3n) is 4.42. The lowest BCUT2D eigenvalue weighted by molar-refractivity contribution is -0.137. The first kappa shape index (κ1) is 18.0. The second kappa shape index (κ2) is 6.48. The summed E-state index contributed by atoms with van der Waals surface area (Å²) in [6.07, 6.45) is -4.10. The smallest absolute Gasteiger partial charge is 0.362 e. The van der Waals surface area contributed by atoms with Crippen LogP contribution >= 0.6 is 0 Å². The maximum absolute atomic E-state index is 12.6. The molecule has 26 heavy (non-hydrogen) atoms. The first-order chi connectivity index (χ1) is 12.2. The van der Waals surface area contributed by atoms with Gasteiger partial charge >= 0.3 is 6.18 Å². The fourth-order valence-corrected chi connectivity index (χ4v) is 2.77. The summed E-state index contributed by atoms with van der Waals surface area (Å²) in [5.74, 6) is 0.353. The molecule has 0 amide bonds. The molecule has 4 nitrogen and oxygen atoms in total. The number of hydrogen-bond acceptors (Lipinski definition) is 3. The van der Waals surface area contributed by atoms with Crippen molar-refractivity contribution in [2.24, 2.45) is 0 Å². The Bertz CT molecular complexity index is 999. The molecule has 0 radical (unpaired) electrons. The van der Waals surface area contributed by atoms with Crippen LogP contribution in [-0.2, 0) is 12.6 Å². The van der Waals surface area contributed by atoms with Crippen molar-refractivity contribution in [1.82, 2.24) is 10.1 Å². The summed E-state index contributed by atoms with van der Waals surface area (Å²) in [5, 5.41) is 3.94. The minimum atomic E-state index is -4.38. The average molecular weight is 362 g/mol. The van der Waals surface area contributed by atoms with Crippen LogP contribution in [0.4, 0.5) is 13.2 Å². The predicted molar refractivity (Wildman–Crippen MR) is 91.0 cm³/mol. The molecule has 0 aliphatic heterocycles. The van der Waals surface area contributed by atoms with E-state index in [1.54, 1.807) is 13.0 Å². The van der Waals surface area contributed by atoms with Crippen molar-refractivity contribution in [1.29, 1.82) is 0 Å². The van der Waals surface area contributed by atoms with E-state index >= 15 is 0 Å². The number of aromatic nitrogens is 2. The molecule has 0 aliphatic carbocycles. The number of pyridine rings is 1. The van der Waals surface area contributed by atoms with Crippen LogP contribution in [0.2, 0.25) is 0 Å². The second-order valence-corrected chi connectivity index (χ2v) is 6.24. The topological polar surface area (TPSA) is 58.9 Å². The van der Waals surface area contributed by atoms with E-state index in [9.17, 15) is 18.0 Å². The fraction of sp³-hybridized carbons (Fsp3) is 0.263. The lowest BCUT2D eigenvalue weighted by Crippen LogP contribution is -2.17. The van der Waals surface area contributed by atoms with Gasteiger partial charge in [-0.2, -0.15) is 13.2 Å². The molecule has 0 unspecified atom stereocenters. The zero-order valence-electron chi connectivity index (χ0n) is 14.5. The number of alkyl halides is 3. The Morgan fingerprint density at radius 1 is 1.08 bits per heavy atom. The Morgan fingerprint density at radius 2 is 1.73 bits per heavy atom. The number of H-pyrrole nitrogens is 1. The number of benzene rings is 1. The van der Waals surface area contributed by atoms with Gasteiger partial charge in [-0.25, -0.2) is 0 Å². The van der Waals surface area contributed by atoms with E-state index in [1.807, 2.05) is 13.8 Å². The van der Waals surface area contributed by atoms with E-state index in [0.29, 0.717) is 28.1 Å². The SMILES string of the molecule is Cc1[nH]c(C)c(Cc2cc(-c3ccc(C(F)(F)F)cc3)on2)c(=O)c1C. The number of nitrogens with zero attached hydrogens (tertiary/aromatic N) is 1. The van der Waals surface area contributed by atoms with E-state index in [2.05, 4.69) is 10.1 Å². The highest BCUT2D eigenvalue weighted by Gasteiger charge is 2.30. The molecular weight excluding hydrogens is 345 g/mol. The molecule has 0 bridgehead atoms. The lowest BCUT2D eigenvalue weighted by atomic mass is 10.0. The van der Waals surface area contributed by atoms with Crippen molar-refractivity contribution < 1.29 is 17.7 Å². The molecule has 3 aromatic rings. The Morgan fingerprint density at radius 3 is 2.35 bits per heavy atom. The molecule has 0 saturated carbocycles. The van der Waals surface area contributed by atoms with Crippen LogP contribution in [0.1, 0.15) is 33.8 Å². The van der Waals surface area contributed by atoms with Gasteiger partial charge in [-0.1, -0.05) is 17.3 Å². The molecule has 0 aliphatic rings. The summed E-state index contributed by atoms with van der Waals surface area (Å²) in [5.41, 5.74) is 3.09. The largest absolute Gasteiger partial charge is 0.416 e. The summed E-state index contributed by atoms with van der Waals surface area (Å²) >= 11 is 0. The third kappa shape index (κ3) is 3.42. The molecule has 2 aromatic heterocycles. The number of halogens is 3. The minimum Gasteiger partial charge on any atom is -0.362 e. The fourth-order valence-electron chi connectivity index (χ4n) is 2.77. The quantitative estimate of drug-likeness (QED) is 0.743. The van der Waals surface area contributed by atoms with Crippen LogP contribution in [-0.4, -0.2) is 10.1 Å². The van der Waals surface area contributed by atoms with E-state index in [4.69, 9.17) is 4.52 Å². The highest BCUT2D eigenvalue weighted by Crippen LogP contribution is 2.31. The lowest BCUT2D eigenvalue weighted by Gasteiger charge is -2.07. The van der Waals surface area contributed by atoms with Crippen molar-refractivity contribution in [2.75, 3.05) is 0 Å². The maximum Gasteiger partial charge on any atom is 0.416 e. The first-order valence-electron chi connectivity index (χ1n) is 7.99. The number of aromatic amines is 1. The van der Waals surface area contributed by atoms with Crippen molar-refractivity contribution in [3.8, 4) is 11.3 Å². The molecule has 0 atom stereocenters. The Labute approximate surface area is 147 Å². The maximum atomic E-state index is 12.6. The van der Waals surface area contributed by atoms with Crippen LogP contribution in [0, 0.1) is 20.8 Å². The van der Waals surface area contributed by atoms with E-state index < -0.39 is 11.7 Å². The van der Waals surface area contributed by atoms with Crippen LogP contribution in [0.3, 0.4) is 0 Å².